The van der Waals surface area contributed by atoms with E-state index in [-0.39, 0.29) is 16.7 Å². The van der Waals surface area contributed by atoms with Gasteiger partial charge in [-0.1, -0.05) is 27.7 Å². The maximum absolute atomic E-state index is 11.5. The highest BCUT2D eigenvalue weighted by Gasteiger charge is 2.33. The summed E-state index contributed by atoms with van der Waals surface area (Å²) in [4.78, 5) is 11.5. The van der Waals surface area contributed by atoms with E-state index in [0.29, 0.717) is 6.42 Å². The summed E-state index contributed by atoms with van der Waals surface area (Å²) in [5.74, 6) is 0.144. The molecule has 0 aromatic heterocycles. The Kier molecular flexibility index (Phi) is 3.20. The fraction of sp³-hybridized carbons (Fsp3) is 0.909. The van der Waals surface area contributed by atoms with E-state index in [0.717, 1.165) is 19.8 Å². The van der Waals surface area contributed by atoms with E-state index in [1.165, 1.54) is 0 Å². The number of carbonyl (C=O) groups is 1. The van der Waals surface area contributed by atoms with E-state index in [2.05, 4.69) is 33.0 Å². The Balaban J connectivity index is 2.21. The number of nitrogens with one attached hydrogen (secondary N) is 1. The molecule has 0 aromatic carbocycles. The number of carbonyl (C=O) groups excluding carboxylic acids is 1. The second-order valence-electron chi connectivity index (χ2n) is 5.82. The molecule has 0 atom stereocenters. The minimum atomic E-state index is 0.0705. The maximum atomic E-state index is 11.5. The van der Waals surface area contributed by atoms with Crippen LogP contribution in [0.25, 0.3) is 0 Å². The fourth-order valence-electron chi connectivity index (χ4n) is 1.41. The monoisotopic (exact) mass is 199 g/mol. The summed E-state index contributed by atoms with van der Waals surface area (Å²) in [6.45, 7) is 10.6. The highest BCUT2D eigenvalue weighted by Crippen LogP contribution is 2.25. The van der Waals surface area contributed by atoms with Gasteiger partial charge in [-0.3, -0.25) is 4.79 Å². The van der Waals surface area contributed by atoms with Crippen molar-refractivity contribution in [3.8, 4) is 0 Å². The molecule has 1 N–H and O–H groups in total. The van der Waals surface area contributed by atoms with E-state index in [1.54, 1.807) is 0 Å². The third-order valence-electron chi connectivity index (χ3n) is 2.30. The molecule has 1 rings (SSSR count). The zero-order valence-electron chi connectivity index (χ0n) is 9.64. The summed E-state index contributed by atoms with van der Waals surface area (Å²) in [5.41, 5.74) is 0.245. The van der Waals surface area contributed by atoms with E-state index >= 15 is 0 Å². The van der Waals surface area contributed by atoms with Crippen LogP contribution in [-0.4, -0.2) is 25.7 Å². The van der Waals surface area contributed by atoms with Crippen molar-refractivity contribution < 1.29 is 9.53 Å². The van der Waals surface area contributed by atoms with Crippen LogP contribution >= 0.6 is 0 Å². The van der Waals surface area contributed by atoms with Crippen molar-refractivity contribution in [1.82, 2.24) is 5.32 Å². The van der Waals surface area contributed by atoms with E-state index in [4.69, 9.17) is 4.74 Å². The summed E-state index contributed by atoms with van der Waals surface area (Å²) in [6, 6.07) is 0. The Morgan fingerprint density at radius 2 is 2.00 bits per heavy atom. The molecule has 3 nitrogen and oxygen atoms in total. The molecule has 3 heteroatoms. The van der Waals surface area contributed by atoms with Crippen molar-refractivity contribution in [2.24, 2.45) is 10.8 Å². The predicted molar refractivity (Wildman–Crippen MR) is 56.0 cm³/mol. The topological polar surface area (TPSA) is 38.3 Å². The van der Waals surface area contributed by atoms with Crippen molar-refractivity contribution in [1.29, 1.82) is 0 Å². The lowest BCUT2D eigenvalue weighted by molar-refractivity contribution is -0.128. The van der Waals surface area contributed by atoms with Crippen molar-refractivity contribution in [3.63, 3.8) is 0 Å². The molecule has 14 heavy (non-hydrogen) atoms. The largest absolute Gasteiger partial charge is 0.380 e. The minimum absolute atomic E-state index is 0.0705. The van der Waals surface area contributed by atoms with Gasteiger partial charge in [-0.2, -0.15) is 0 Å². The van der Waals surface area contributed by atoms with E-state index in [9.17, 15) is 4.79 Å². The Hall–Kier alpha value is -0.570. The summed E-state index contributed by atoms with van der Waals surface area (Å²) in [5, 5.41) is 2.96. The van der Waals surface area contributed by atoms with Crippen LogP contribution in [0.5, 0.6) is 0 Å². The lowest BCUT2D eigenvalue weighted by atomic mass is 9.88. The highest BCUT2D eigenvalue weighted by atomic mass is 16.5. The molecule has 82 valence electrons. The normalized spacial score (nSPS) is 20.0. The first-order valence-corrected chi connectivity index (χ1v) is 5.15. The summed E-state index contributed by atoms with van der Waals surface area (Å²) >= 11 is 0. The van der Waals surface area contributed by atoms with Crippen LogP contribution in [0.15, 0.2) is 0 Å². The van der Waals surface area contributed by atoms with Crippen molar-refractivity contribution >= 4 is 5.91 Å². The highest BCUT2D eigenvalue weighted by molar-refractivity contribution is 5.76. The van der Waals surface area contributed by atoms with Crippen LogP contribution in [0.2, 0.25) is 0 Å². The number of ether oxygens (including phenoxy) is 1. The van der Waals surface area contributed by atoms with Gasteiger partial charge in [0, 0.05) is 18.4 Å². The van der Waals surface area contributed by atoms with Gasteiger partial charge in [0.15, 0.2) is 0 Å². The molecule has 1 fully saturated rings. The summed E-state index contributed by atoms with van der Waals surface area (Å²) in [7, 11) is 0. The SMILES string of the molecule is CC(C)(C)CC(=O)NCC1(C)COC1. The Morgan fingerprint density at radius 1 is 1.43 bits per heavy atom. The number of hydrogen-bond acceptors (Lipinski definition) is 2. The van der Waals surface area contributed by atoms with E-state index in [1.807, 2.05) is 0 Å². The number of amides is 1. The van der Waals surface area contributed by atoms with Gasteiger partial charge in [-0.25, -0.2) is 0 Å². The van der Waals surface area contributed by atoms with Crippen LogP contribution in [0, 0.1) is 10.8 Å². The van der Waals surface area contributed by atoms with Crippen LogP contribution in [0.1, 0.15) is 34.1 Å². The first-order chi connectivity index (χ1) is 6.31. The van der Waals surface area contributed by atoms with Gasteiger partial charge in [-0.05, 0) is 5.41 Å². The molecule has 1 heterocycles. The van der Waals surface area contributed by atoms with Gasteiger partial charge >= 0.3 is 0 Å². The maximum Gasteiger partial charge on any atom is 0.220 e. The third-order valence-corrected chi connectivity index (χ3v) is 2.30. The smallest absolute Gasteiger partial charge is 0.220 e. The molecule has 0 saturated carbocycles. The number of rotatable bonds is 3. The molecule has 0 bridgehead atoms. The second-order valence-corrected chi connectivity index (χ2v) is 5.82. The minimum Gasteiger partial charge on any atom is -0.380 e. The standard InChI is InChI=1S/C11H21NO2/c1-10(2,3)5-9(13)12-6-11(4)7-14-8-11/h5-8H2,1-4H3,(H,12,13). The molecular formula is C11H21NO2. The van der Waals surface area contributed by atoms with Gasteiger partial charge in [-0.15, -0.1) is 0 Å². The van der Waals surface area contributed by atoms with Gasteiger partial charge in [0.2, 0.25) is 5.91 Å². The predicted octanol–water partition coefficient (Wildman–Crippen LogP) is 1.58. The van der Waals surface area contributed by atoms with E-state index < -0.39 is 0 Å². The van der Waals surface area contributed by atoms with Crippen molar-refractivity contribution in [2.75, 3.05) is 19.8 Å². The first kappa shape index (κ1) is 11.5. The fourth-order valence-corrected chi connectivity index (χ4v) is 1.41. The van der Waals surface area contributed by atoms with Gasteiger partial charge in [0.05, 0.1) is 13.2 Å². The lowest BCUT2D eigenvalue weighted by Crippen LogP contribution is -2.48. The Labute approximate surface area is 86.2 Å². The third kappa shape index (κ3) is 3.66. The molecule has 1 aliphatic heterocycles. The second kappa shape index (κ2) is 3.89. The first-order valence-electron chi connectivity index (χ1n) is 5.15. The van der Waals surface area contributed by atoms with Crippen molar-refractivity contribution in [2.45, 2.75) is 34.1 Å². The molecule has 0 unspecified atom stereocenters. The van der Waals surface area contributed by atoms with Gasteiger partial charge in [0.25, 0.3) is 0 Å². The lowest BCUT2D eigenvalue weighted by Gasteiger charge is -2.38. The molecular weight excluding hydrogens is 178 g/mol. The van der Waals surface area contributed by atoms with Gasteiger partial charge in [0.1, 0.15) is 0 Å². The quantitative estimate of drug-likeness (QED) is 0.749. The Morgan fingerprint density at radius 3 is 2.36 bits per heavy atom. The average Bonchev–Trinajstić information content (AvgIpc) is 1.94. The van der Waals surface area contributed by atoms with Gasteiger partial charge < -0.3 is 10.1 Å². The van der Waals surface area contributed by atoms with Crippen LogP contribution in [-0.2, 0) is 9.53 Å². The zero-order chi connectivity index (χ0) is 10.8. The average molecular weight is 199 g/mol. The molecule has 0 aliphatic carbocycles. The van der Waals surface area contributed by atoms with Crippen molar-refractivity contribution in [3.05, 3.63) is 0 Å². The molecule has 0 aromatic rings. The number of hydrogen-bond donors (Lipinski definition) is 1. The van der Waals surface area contributed by atoms with Crippen LogP contribution < -0.4 is 5.32 Å². The van der Waals surface area contributed by atoms with Crippen LogP contribution in [0.3, 0.4) is 0 Å². The summed E-state index contributed by atoms with van der Waals surface area (Å²) < 4.78 is 5.12. The molecule has 0 radical (unpaired) electrons. The Bertz CT molecular complexity index is 214. The molecule has 1 amide bonds. The molecule has 0 spiro atoms. The molecule has 1 saturated heterocycles. The molecule has 1 aliphatic rings. The zero-order valence-corrected chi connectivity index (χ0v) is 9.64. The summed E-state index contributed by atoms with van der Waals surface area (Å²) in [6.07, 6.45) is 0.587. The van der Waals surface area contributed by atoms with Crippen LogP contribution in [0.4, 0.5) is 0 Å².